The van der Waals surface area contributed by atoms with Gasteiger partial charge in [0.05, 0.1) is 0 Å². The van der Waals surface area contributed by atoms with Gasteiger partial charge in [-0.1, -0.05) is 0 Å². The standard InChI is InChI=1S/C7H7Cl2N5O/c8-5-12-6(9)14-7(13-5)11-3-1-2-10-4(3)15/h3H,1-2H2,(H,10,15)(H,11,12,13,14)/t3-/m0/s1. The number of anilines is 1. The molecule has 0 bridgehead atoms. The number of carbonyl (C=O) groups is 1. The zero-order valence-electron chi connectivity index (χ0n) is 7.50. The summed E-state index contributed by atoms with van der Waals surface area (Å²) in [4.78, 5) is 22.4. The van der Waals surface area contributed by atoms with Gasteiger partial charge in [-0.25, -0.2) is 0 Å². The molecular formula is C7H7Cl2N5O. The van der Waals surface area contributed by atoms with Gasteiger partial charge in [0.25, 0.3) is 0 Å². The van der Waals surface area contributed by atoms with Gasteiger partial charge < -0.3 is 10.6 Å². The summed E-state index contributed by atoms with van der Waals surface area (Å²) < 4.78 is 0. The Morgan fingerprint density at radius 2 is 1.93 bits per heavy atom. The van der Waals surface area contributed by atoms with Crippen LogP contribution in [0.25, 0.3) is 0 Å². The van der Waals surface area contributed by atoms with Crippen molar-refractivity contribution in [2.24, 2.45) is 0 Å². The summed E-state index contributed by atoms with van der Waals surface area (Å²) in [6.45, 7) is 0.642. The number of nitrogens with one attached hydrogen (secondary N) is 2. The predicted molar refractivity (Wildman–Crippen MR) is 54.9 cm³/mol. The van der Waals surface area contributed by atoms with E-state index < -0.39 is 0 Å². The molecule has 1 fully saturated rings. The quantitative estimate of drug-likeness (QED) is 0.795. The van der Waals surface area contributed by atoms with Crippen molar-refractivity contribution in [1.29, 1.82) is 0 Å². The Bertz CT molecular complexity index is 379. The molecular weight excluding hydrogens is 241 g/mol. The lowest BCUT2D eigenvalue weighted by molar-refractivity contribution is -0.119. The fraction of sp³-hybridized carbons (Fsp3) is 0.429. The third kappa shape index (κ3) is 2.45. The van der Waals surface area contributed by atoms with Gasteiger partial charge in [-0.15, -0.1) is 0 Å². The number of amides is 1. The normalized spacial score (nSPS) is 20.1. The van der Waals surface area contributed by atoms with E-state index in [0.717, 1.165) is 0 Å². The van der Waals surface area contributed by atoms with Gasteiger partial charge in [0.2, 0.25) is 22.4 Å². The molecule has 1 atom stereocenters. The van der Waals surface area contributed by atoms with Gasteiger partial charge in [0.15, 0.2) is 0 Å². The summed E-state index contributed by atoms with van der Waals surface area (Å²) in [6, 6.07) is -0.334. The van der Waals surface area contributed by atoms with E-state index >= 15 is 0 Å². The average Bonchev–Trinajstić information content (AvgIpc) is 2.50. The highest BCUT2D eigenvalue weighted by Crippen LogP contribution is 2.12. The molecule has 1 aliphatic heterocycles. The van der Waals surface area contributed by atoms with Crippen molar-refractivity contribution in [2.75, 3.05) is 11.9 Å². The SMILES string of the molecule is O=C1NCC[C@@H]1Nc1nc(Cl)nc(Cl)n1. The average molecular weight is 248 g/mol. The zero-order chi connectivity index (χ0) is 10.8. The highest BCUT2D eigenvalue weighted by molar-refractivity contribution is 6.31. The Hall–Kier alpha value is -1.14. The van der Waals surface area contributed by atoms with Gasteiger partial charge in [-0.3, -0.25) is 4.79 Å². The van der Waals surface area contributed by atoms with Crippen molar-refractivity contribution in [3.63, 3.8) is 0 Å². The van der Waals surface area contributed by atoms with E-state index in [4.69, 9.17) is 23.2 Å². The molecule has 1 amide bonds. The fourth-order valence-corrected chi connectivity index (χ4v) is 1.64. The van der Waals surface area contributed by atoms with Crippen LogP contribution in [0.1, 0.15) is 6.42 Å². The van der Waals surface area contributed by atoms with Gasteiger partial charge in [-0.2, -0.15) is 15.0 Å². The van der Waals surface area contributed by atoms with Crippen LogP contribution >= 0.6 is 23.2 Å². The van der Waals surface area contributed by atoms with Crippen molar-refractivity contribution < 1.29 is 4.79 Å². The van der Waals surface area contributed by atoms with E-state index in [1.807, 2.05) is 0 Å². The molecule has 0 spiro atoms. The molecule has 80 valence electrons. The highest BCUT2D eigenvalue weighted by Gasteiger charge is 2.24. The van der Waals surface area contributed by atoms with Crippen molar-refractivity contribution >= 4 is 35.1 Å². The maximum Gasteiger partial charge on any atom is 0.242 e. The Balaban J connectivity index is 2.13. The molecule has 0 radical (unpaired) electrons. The maximum atomic E-state index is 11.2. The van der Waals surface area contributed by atoms with Crippen molar-refractivity contribution in [3.05, 3.63) is 10.6 Å². The number of rotatable bonds is 2. The summed E-state index contributed by atoms with van der Waals surface area (Å²) in [6.07, 6.45) is 0.680. The third-order valence-corrected chi connectivity index (χ3v) is 2.27. The Morgan fingerprint density at radius 1 is 1.27 bits per heavy atom. The number of nitrogens with zero attached hydrogens (tertiary/aromatic N) is 3. The summed E-state index contributed by atoms with van der Waals surface area (Å²) in [5.41, 5.74) is 0. The number of aromatic nitrogens is 3. The Morgan fingerprint density at radius 3 is 2.47 bits per heavy atom. The number of hydrogen-bond acceptors (Lipinski definition) is 5. The molecule has 1 saturated heterocycles. The van der Waals surface area contributed by atoms with E-state index in [-0.39, 0.29) is 28.5 Å². The molecule has 1 aromatic rings. The van der Waals surface area contributed by atoms with Crippen LogP contribution in [-0.2, 0) is 4.79 Å². The minimum Gasteiger partial charge on any atom is -0.354 e. The second-order valence-corrected chi connectivity index (χ2v) is 3.65. The van der Waals surface area contributed by atoms with Crippen molar-refractivity contribution in [2.45, 2.75) is 12.5 Å². The lowest BCUT2D eigenvalue weighted by atomic mass is 10.2. The number of carbonyl (C=O) groups excluding carboxylic acids is 1. The first-order chi connectivity index (χ1) is 7.15. The first-order valence-corrected chi connectivity index (χ1v) is 5.02. The van der Waals surface area contributed by atoms with Crippen LogP contribution in [0.5, 0.6) is 0 Å². The summed E-state index contributed by atoms with van der Waals surface area (Å²) >= 11 is 11.2. The molecule has 8 heteroatoms. The highest BCUT2D eigenvalue weighted by atomic mass is 35.5. The van der Waals surface area contributed by atoms with Gasteiger partial charge in [0, 0.05) is 6.54 Å². The van der Waals surface area contributed by atoms with Crippen LogP contribution in [0.3, 0.4) is 0 Å². The molecule has 15 heavy (non-hydrogen) atoms. The van der Waals surface area contributed by atoms with Gasteiger partial charge in [-0.05, 0) is 29.6 Å². The van der Waals surface area contributed by atoms with E-state index in [1.165, 1.54) is 0 Å². The molecule has 1 aliphatic rings. The van der Waals surface area contributed by atoms with Crippen LogP contribution in [-0.4, -0.2) is 33.4 Å². The topological polar surface area (TPSA) is 79.8 Å². The molecule has 6 nitrogen and oxygen atoms in total. The van der Waals surface area contributed by atoms with Crippen LogP contribution in [0, 0.1) is 0 Å². The van der Waals surface area contributed by atoms with Crippen LogP contribution in [0.4, 0.5) is 5.95 Å². The Labute approximate surface area is 95.4 Å². The third-order valence-electron chi connectivity index (χ3n) is 1.93. The zero-order valence-corrected chi connectivity index (χ0v) is 9.01. The smallest absolute Gasteiger partial charge is 0.242 e. The molecule has 2 heterocycles. The fourth-order valence-electron chi connectivity index (χ4n) is 1.28. The predicted octanol–water partition coefficient (Wildman–Crippen LogP) is 0.479. The van der Waals surface area contributed by atoms with Crippen molar-refractivity contribution in [3.8, 4) is 0 Å². The summed E-state index contributed by atoms with van der Waals surface area (Å²) in [5.74, 6) is 0.129. The molecule has 2 rings (SSSR count). The number of halogens is 2. The molecule has 0 aromatic carbocycles. The molecule has 1 aromatic heterocycles. The second-order valence-electron chi connectivity index (χ2n) is 2.97. The minimum absolute atomic E-state index is 0.00379. The van der Waals surface area contributed by atoms with E-state index in [0.29, 0.717) is 13.0 Å². The summed E-state index contributed by atoms with van der Waals surface area (Å²) in [5, 5.41) is 5.50. The molecule has 0 saturated carbocycles. The minimum atomic E-state index is -0.334. The maximum absolute atomic E-state index is 11.2. The lowest BCUT2D eigenvalue weighted by Crippen LogP contribution is -2.30. The molecule has 0 unspecified atom stereocenters. The van der Waals surface area contributed by atoms with E-state index in [9.17, 15) is 4.79 Å². The van der Waals surface area contributed by atoms with Crippen LogP contribution < -0.4 is 10.6 Å². The van der Waals surface area contributed by atoms with Crippen molar-refractivity contribution in [1.82, 2.24) is 20.3 Å². The first kappa shape index (κ1) is 10.4. The van der Waals surface area contributed by atoms with E-state index in [1.54, 1.807) is 0 Å². The number of hydrogen-bond donors (Lipinski definition) is 2. The van der Waals surface area contributed by atoms with Gasteiger partial charge >= 0.3 is 0 Å². The summed E-state index contributed by atoms with van der Waals surface area (Å²) in [7, 11) is 0. The van der Waals surface area contributed by atoms with Gasteiger partial charge in [0.1, 0.15) is 6.04 Å². The monoisotopic (exact) mass is 247 g/mol. The molecule has 0 aliphatic carbocycles. The molecule has 2 N–H and O–H groups in total. The largest absolute Gasteiger partial charge is 0.354 e. The Kier molecular flexibility index (Phi) is 2.88. The van der Waals surface area contributed by atoms with Crippen LogP contribution in [0.2, 0.25) is 10.6 Å². The van der Waals surface area contributed by atoms with Crippen LogP contribution in [0.15, 0.2) is 0 Å². The lowest BCUT2D eigenvalue weighted by Gasteiger charge is -2.08. The second kappa shape index (κ2) is 4.16. The van der Waals surface area contributed by atoms with E-state index in [2.05, 4.69) is 25.6 Å². The first-order valence-electron chi connectivity index (χ1n) is 4.26.